The summed E-state index contributed by atoms with van der Waals surface area (Å²) in [6.45, 7) is 19.1. The molecule has 0 heterocycles. The minimum Gasteiger partial charge on any atom is -0.0651 e. The summed E-state index contributed by atoms with van der Waals surface area (Å²) < 4.78 is 0. The fourth-order valence-corrected chi connectivity index (χ4v) is 3.09. The van der Waals surface area contributed by atoms with Crippen molar-refractivity contribution < 1.29 is 0 Å². The lowest BCUT2D eigenvalue weighted by Crippen LogP contribution is -2.19. The Bertz CT molecular complexity index is 190. The highest BCUT2D eigenvalue weighted by molar-refractivity contribution is 4.72. The van der Waals surface area contributed by atoms with Gasteiger partial charge in [0.25, 0.3) is 0 Å². The van der Waals surface area contributed by atoms with Gasteiger partial charge in [0.1, 0.15) is 0 Å². The Morgan fingerprint density at radius 3 is 1.56 bits per heavy atom. The third kappa shape index (κ3) is 7.44. The van der Waals surface area contributed by atoms with E-state index in [9.17, 15) is 0 Å². The SMILES string of the molecule is CCC(CC(CC(C)C)CC(C)C(C)C)C(C)C. The van der Waals surface area contributed by atoms with Crippen molar-refractivity contribution in [3.63, 3.8) is 0 Å². The van der Waals surface area contributed by atoms with Crippen LogP contribution in [0.5, 0.6) is 0 Å². The molecule has 110 valence electrons. The van der Waals surface area contributed by atoms with Crippen molar-refractivity contribution in [1.29, 1.82) is 0 Å². The summed E-state index contributed by atoms with van der Waals surface area (Å²) in [5.41, 5.74) is 0. The highest BCUT2D eigenvalue weighted by atomic mass is 14.3. The first-order valence-corrected chi connectivity index (χ1v) is 8.27. The fourth-order valence-electron chi connectivity index (χ4n) is 3.09. The Balaban J connectivity index is 4.47. The molecule has 0 N–H and O–H groups in total. The Hall–Kier alpha value is 0. The van der Waals surface area contributed by atoms with Gasteiger partial charge in [0.05, 0.1) is 0 Å². The molecule has 0 bridgehead atoms. The summed E-state index contributed by atoms with van der Waals surface area (Å²) in [5, 5.41) is 0. The average molecular weight is 255 g/mol. The van der Waals surface area contributed by atoms with E-state index in [0.29, 0.717) is 0 Å². The summed E-state index contributed by atoms with van der Waals surface area (Å²) in [7, 11) is 0. The van der Waals surface area contributed by atoms with E-state index >= 15 is 0 Å². The van der Waals surface area contributed by atoms with Gasteiger partial charge >= 0.3 is 0 Å². The second-order valence-electron chi connectivity index (χ2n) is 7.60. The molecule has 0 nitrogen and oxygen atoms in total. The zero-order chi connectivity index (χ0) is 14.3. The van der Waals surface area contributed by atoms with Gasteiger partial charge in [-0.2, -0.15) is 0 Å². The summed E-state index contributed by atoms with van der Waals surface area (Å²) in [6, 6.07) is 0. The summed E-state index contributed by atoms with van der Waals surface area (Å²) in [6.07, 6.45) is 5.64. The molecule has 0 heteroatoms. The Morgan fingerprint density at radius 2 is 1.22 bits per heavy atom. The highest BCUT2D eigenvalue weighted by Gasteiger charge is 2.21. The fraction of sp³-hybridized carbons (Fsp3) is 1.00. The second-order valence-corrected chi connectivity index (χ2v) is 7.60. The lowest BCUT2D eigenvalue weighted by atomic mass is 9.76. The Kier molecular flexibility index (Phi) is 8.99. The van der Waals surface area contributed by atoms with Crippen molar-refractivity contribution in [2.45, 2.75) is 81.1 Å². The highest BCUT2D eigenvalue weighted by Crippen LogP contribution is 2.32. The first-order valence-electron chi connectivity index (χ1n) is 8.27. The maximum Gasteiger partial charge on any atom is -0.0391 e. The van der Waals surface area contributed by atoms with E-state index in [1.807, 2.05) is 0 Å². The van der Waals surface area contributed by atoms with Crippen LogP contribution in [-0.2, 0) is 0 Å². The standard InChI is InChI=1S/C18H38/c1-9-18(15(6)7)12-17(10-13(2)3)11-16(8)14(4)5/h13-18H,9-12H2,1-8H3. The van der Waals surface area contributed by atoms with Crippen molar-refractivity contribution >= 4 is 0 Å². The molecular formula is C18H38. The van der Waals surface area contributed by atoms with Crippen LogP contribution in [0.2, 0.25) is 0 Å². The van der Waals surface area contributed by atoms with Gasteiger partial charge in [-0.25, -0.2) is 0 Å². The first kappa shape index (κ1) is 18.0. The largest absolute Gasteiger partial charge is 0.0651 e. The predicted molar refractivity (Wildman–Crippen MR) is 84.8 cm³/mol. The predicted octanol–water partition coefficient (Wildman–Crippen LogP) is 6.40. The van der Waals surface area contributed by atoms with Crippen LogP contribution in [0.25, 0.3) is 0 Å². The number of hydrogen-bond donors (Lipinski definition) is 0. The minimum atomic E-state index is 0.832. The molecule has 0 saturated carbocycles. The van der Waals surface area contributed by atoms with Gasteiger partial charge in [-0.15, -0.1) is 0 Å². The monoisotopic (exact) mass is 254 g/mol. The summed E-state index contributed by atoms with van der Waals surface area (Å²) in [5.74, 6) is 5.26. The van der Waals surface area contributed by atoms with Crippen LogP contribution < -0.4 is 0 Å². The van der Waals surface area contributed by atoms with Gasteiger partial charge in [0, 0.05) is 0 Å². The average Bonchev–Trinajstić information content (AvgIpc) is 2.23. The summed E-state index contributed by atoms with van der Waals surface area (Å²) >= 11 is 0. The number of rotatable bonds is 9. The molecule has 0 aliphatic heterocycles. The van der Waals surface area contributed by atoms with Crippen molar-refractivity contribution in [2.24, 2.45) is 35.5 Å². The van der Waals surface area contributed by atoms with Gasteiger partial charge in [0.15, 0.2) is 0 Å². The van der Waals surface area contributed by atoms with E-state index in [-0.39, 0.29) is 0 Å². The van der Waals surface area contributed by atoms with Crippen molar-refractivity contribution in [3.8, 4) is 0 Å². The molecule has 0 amide bonds. The van der Waals surface area contributed by atoms with Crippen LogP contribution in [0.4, 0.5) is 0 Å². The van der Waals surface area contributed by atoms with Crippen LogP contribution in [0, 0.1) is 35.5 Å². The third-order valence-electron chi connectivity index (χ3n) is 4.75. The molecule has 0 aliphatic carbocycles. The van der Waals surface area contributed by atoms with Crippen molar-refractivity contribution in [2.75, 3.05) is 0 Å². The van der Waals surface area contributed by atoms with E-state index < -0.39 is 0 Å². The molecular weight excluding hydrogens is 216 g/mol. The van der Waals surface area contributed by atoms with Gasteiger partial charge in [-0.1, -0.05) is 61.8 Å². The van der Waals surface area contributed by atoms with Gasteiger partial charge in [0.2, 0.25) is 0 Å². The molecule has 3 atom stereocenters. The molecule has 0 aromatic carbocycles. The van der Waals surface area contributed by atoms with Crippen LogP contribution in [0.3, 0.4) is 0 Å². The van der Waals surface area contributed by atoms with Gasteiger partial charge < -0.3 is 0 Å². The zero-order valence-electron chi connectivity index (χ0n) is 14.3. The van der Waals surface area contributed by atoms with Gasteiger partial charge in [-0.05, 0) is 54.8 Å². The molecule has 0 fully saturated rings. The molecule has 0 rings (SSSR count). The molecule has 0 spiro atoms. The quantitative estimate of drug-likeness (QED) is 0.446. The molecule has 0 aromatic rings. The number of hydrogen-bond acceptors (Lipinski definition) is 0. The molecule has 0 aliphatic rings. The third-order valence-corrected chi connectivity index (χ3v) is 4.75. The van der Waals surface area contributed by atoms with E-state index in [1.54, 1.807) is 0 Å². The second kappa shape index (κ2) is 8.99. The first-order chi connectivity index (χ1) is 8.27. The van der Waals surface area contributed by atoms with E-state index in [2.05, 4.69) is 55.4 Å². The molecule has 0 saturated heterocycles. The Labute approximate surface area is 117 Å². The lowest BCUT2D eigenvalue weighted by molar-refractivity contribution is 0.215. The summed E-state index contributed by atoms with van der Waals surface area (Å²) in [4.78, 5) is 0. The van der Waals surface area contributed by atoms with E-state index in [0.717, 1.165) is 35.5 Å². The molecule has 0 aromatic heterocycles. The molecule has 3 unspecified atom stereocenters. The van der Waals surface area contributed by atoms with Crippen LogP contribution in [-0.4, -0.2) is 0 Å². The van der Waals surface area contributed by atoms with E-state index in [1.165, 1.54) is 25.7 Å². The maximum atomic E-state index is 2.44. The van der Waals surface area contributed by atoms with Crippen molar-refractivity contribution in [1.82, 2.24) is 0 Å². The van der Waals surface area contributed by atoms with Gasteiger partial charge in [-0.3, -0.25) is 0 Å². The zero-order valence-corrected chi connectivity index (χ0v) is 14.3. The minimum absolute atomic E-state index is 0.832. The maximum absolute atomic E-state index is 2.44. The van der Waals surface area contributed by atoms with Crippen LogP contribution in [0.15, 0.2) is 0 Å². The normalized spacial score (nSPS) is 17.5. The smallest absolute Gasteiger partial charge is 0.0391 e. The molecule has 0 radical (unpaired) electrons. The van der Waals surface area contributed by atoms with E-state index in [4.69, 9.17) is 0 Å². The topological polar surface area (TPSA) is 0 Å². The Morgan fingerprint density at radius 1 is 0.667 bits per heavy atom. The van der Waals surface area contributed by atoms with Crippen molar-refractivity contribution in [3.05, 3.63) is 0 Å². The lowest BCUT2D eigenvalue weighted by Gasteiger charge is -2.29. The molecule has 18 heavy (non-hydrogen) atoms. The van der Waals surface area contributed by atoms with Crippen LogP contribution >= 0.6 is 0 Å². The van der Waals surface area contributed by atoms with Crippen LogP contribution in [0.1, 0.15) is 81.1 Å².